The van der Waals surface area contributed by atoms with Gasteiger partial charge < -0.3 is 24.0 Å². The summed E-state index contributed by atoms with van der Waals surface area (Å²) < 4.78 is 14.0. The van der Waals surface area contributed by atoms with Crippen molar-refractivity contribution < 1.29 is 83.1 Å². The molecule has 0 saturated heterocycles. The molecule has 0 fully saturated rings. The third kappa shape index (κ3) is 6.45. The first-order valence-corrected chi connectivity index (χ1v) is 4.45. The zero-order valence-corrected chi connectivity index (χ0v) is 12.7. The second-order valence-electron chi connectivity index (χ2n) is 2.01. The monoisotopic (exact) mass is 234 g/mol. The summed E-state index contributed by atoms with van der Waals surface area (Å²) in [5.41, 5.74) is 0. The molecule has 0 saturated carbocycles. The molecule has 66 valence electrons. The van der Waals surface area contributed by atoms with Crippen LogP contribution >= 0.6 is 7.82 Å². The smallest absolute Gasteiger partial charge is 0.780 e. The van der Waals surface area contributed by atoms with E-state index >= 15 is 0 Å². The van der Waals surface area contributed by atoms with Crippen molar-refractivity contribution in [1.29, 1.82) is 0 Å². The third-order valence-electron chi connectivity index (χ3n) is 1.08. The molecular formula is C6H5Na2O5P. The van der Waals surface area contributed by atoms with Crippen molar-refractivity contribution >= 4 is 7.82 Å². The van der Waals surface area contributed by atoms with Gasteiger partial charge in [0.15, 0.2) is 11.5 Å². The Morgan fingerprint density at radius 3 is 2.14 bits per heavy atom. The van der Waals surface area contributed by atoms with E-state index in [0.717, 1.165) is 0 Å². The normalized spacial score (nSPS) is 9.57. The number of para-hydroxylation sites is 2. The number of rotatable bonds is 2. The fourth-order valence-corrected chi connectivity index (χ4v) is 1.05. The van der Waals surface area contributed by atoms with E-state index in [1.165, 1.54) is 24.3 Å². The van der Waals surface area contributed by atoms with Crippen LogP contribution in [-0.2, 0) is 4.57 Å². The molecule has 0 amide bonds. The van der Waals surface area contributed by atoms with Gasteiger partial charge in [-0.25, -0.2) is 0 Å². The molecule has 1 aromatic carbocycles. The Morgan fingerprint density at radius 1 is 1.21 bits per heavy atom. The fourth-order valence-electron chi connectivity index (χ4n) is 0.655. The van der Waals surface area contributed by atoms with Crippen LogP contribution in [0.3, 0.4) is 0 Å². The summed E-state index contributed by atoms with van der Waals surface area (Å²) in [7, 11) is -5.07. The number of hydrogen-bond acceptors (Lipinski definition) is 5. The minimum absolute atomic E-state index is 0. The molecular weight excluding hydrogens is 229 g/mol. The van der Waals surface area contributed by atoms with Gasteiger partial charge in [0.1, 0.15) is 7.82 Å². The van der Waals surface area contributed by atoms with E-state index in [9.17, 15) is 14.4 Å². The largest absolute Gasteiger partial charge is 1.00 e. The molecule has 0 unspecified atom stereocenters. The minimum Gasteiger partial charge on any atom is -0.780 e. The molecule has 0 spiro atoms. The molecule has 1 rings (SSSR count). The van der Waals surface area contributed by atoms with E-state index in [-0.39, 0.29) is 70.6 Å². The zero-order valence-electron chi connectivity index (χ0n) is 7.84. The predicted octanol–water partition coefficient (Wildman–Crippen LogP) is -6.39. The SMILES string of the molecule is O=P([O-])([O-])Oc1ccccc1O.[Na+].[Na+]. The van der Waals surface area contributed by atoms with E-state index in [0.29, 0.717) is 0 Å². The van der Waals surface area contributed by atoms with E-state index in [1.807, 2.05) is 0 Å². The van der Waals surface area contributed by atoms with Crippen LogP contribution in [0.4, 0.5) is 0 Å². The van der Waals surface area contributed by atoms with Crippen LogP contribution in [0.25, 0.3) is 0 Å². The van der Waals surface area contributed by atoms with Gasteiger partial charge in [0.05, 0.1) is 0 Å². The predicted molar refractivity (Wildman–Crippen MR) is 36.3 cm³/mol. The van der Waals surface area contributed by atoms with Gasteiger partial charge in [0.2, 0.25) is 0 Å². The second kappa shape index (κ2) is 7.28. The van der Waals surface area contributed by atoms with E-state index in [1.54, 1.807) is 0 Å². The average Bonchev–Trinajstić information content (AvgIpc) is 1.91. The van der Waals surface area contributed by atoms with Crippen molar-refractivity contribution in [2.45, 2.75) is 0 Å². The van der Waals surface area contributed by atoms with Gasteiger partial charge in [0.25, 0.3) is 0 Å². The maximum absolute atomic E-state index is 10.1. The fraction of sp³-hybridized carbons (Fsp3) is 0. The Balaban J connectivity index is 0. The Labute approximate surface area is 125 Å². The number of aromatic hydroxyl groups is 1. The Hall–Kier alpha value is 0.970. The minimum atomic E-state index is -5.07. The van der Waals surface area contributed by atoms with E-state index < -0.39 is 7.82 Å². The van der Waals surface area contributed by atoms with Gasteiger partial charge in [0, 0.05) is 0 Å². The van der Waals surface area contributed by atoms with Crippen molar-refractivity contribution in [3.63, 3.8) is 0 Å². The van der Waals surface area contributed by atoms with Gasteiger partial charge in [-0.05, 0) is 12.1 Å². The first-order valence-electron chi connectivity index (χ1n) is 2.99. The molecule has 0 aliphatic rings. The Kier molecular flexibility index (Phi) is 9.03. The van der Waals surface area contributed by atoms with Crippen LogP contribution in [-0.4, -0.2) is 5.11 Å². The molecule has 0 heterocycles. The van der Waals surface area contributed by atoms with Crippen LogP contribution in [0.1, 0.15) is 0 Å². The number of phosphoric ester groups is 1. The van der Waals surface area contributed by atoms with Crippen LogP contribution in [0.5, 0.6) is 11.5 Å². The van der Waals surface area contributed by atoms with Gasteiger partial charge in [-0.15, -0.1) is 0 Å². The van der Waals surface area contributed by atoms with Crippen molar-refractivity contribution in [3.05, 3.63) is 24.3 Å². The summed E-state index contributed by atoms with van der Waals surface area (Å²) in [6, 6.07) is 5.30. The number of phosphoric acid groups is 1. The summed E-state index contributed by atoms with van der Waals surface area (Å²) in [6.07, 6.45) is 0. The third-order valence-corrected chi connectivity index (χ3v) is 1.50. The topological polar surface area (TPSA) is 92.7 Å². The van der Waals surface area contributed by atoms with E-state index in [4.69, 9.17) is 5.11 Å². The zero-order chi connectivity index (χ0) is 9.19. The maximum Gasteiger partial charge on any atom is 1.00 e. The van der Waals surface area contributed by atoms with E-state index in [2.05, 4.69) is 4.52 Å². The van der Waals surface area contributed by atoms with Crippen LogP contribution in [0.15, 0.2) is 24.3 Å². The quantitative estimate of drug-likeness (QED) is 0.406. The van der Waals surface area contributed by atoms with Crippen molar-refractivity contribution in [2.24, 2.45) is 0 Å². The molecule has 8 heteroatoms. The maximum atomic E-state index is 10.1. The molecule has 14 heavy (non-hydrogen) atoms. The molecule has 0 aliphatic carbocycles. The molecule has 0 aromatic heterocycles. The van der Waals surface area contributed by atoms with Gasteiger partial charge in [-0.1, -0.05) is 12.1 Å². The molecule has 0 aliphatic heterocycles. The number of phenols is 1. The van der Waals surface area contributed by atoms with Crippen molar-refractivity contribution in [2.75, 3.05) is 0 Å². The summed E-state index contributed by atoms with van der Waals surface area (Å²) in [6.45, 7) is 0. The van der Waals surface area contributed by atoms with Crippen LogP contribution in [0, 0.1) is 0 Å². The van der Waals surface area contributed by atoms with Crippen molar-refractivity contribution in [3.8, 4) is 11.5 Å². The summed E-state index contributed by atoms with van der Waals surface area (Å²) in [5, 5.41) is 8.95. The second-order valence-corrected chi connectivity index (χ2v) is 3.08. The molecule has 1 N–H and O–H groups in total. The van der Waals surface area contributed by atoms with Gasteiger partial charge >= 0.3 is 59.1 Å². The van der Waals surface area contributed by atoms with Crippen LogP contribution in [0.2, 0.25) is 0 Å². The first-order chi connectivity index (χ1) is 5.49. The van der Waals surface area contributed by atoms with Crippen LogP contribution < -0.4 is 73.4 Å². The first kappa shape index (κ1) is 17.4. The summed E-state index contributed by atoms with van der Waals surface area (Å²) in [5.74, 6) is -0.741. The molecule has 0 bridgehead atoms. The standard InChI is InChI=1S/C6H7O5P.2Na/c7-5-3-1-2-4-6(5)11-12(8,9)10;;/h1-4,7H,(H2,8,9,10);;/q;2*+1/p-2. The molecule has 0 radical (unpaired) electrons. The Bertz CT molecular complexity index is 326. The average molecular weight is 234 g/mol. The summed E-state index contributed by atoms with van der Waals surface area (Å²) in [4.78, 5) is 20.2. The summed E-state index contributed by atoms with van der Waals surface area (Å²) >= 11 is 0. The Morgan fingerprint density at radius 2 is 1.71 bits per heavy atom. The molecule has 1 aromatic rings. The number of phenolic OH excluding ortho intramolecular Hbond substituents is 1. The van der Waals surface area contributed by atoms with Gasteiger partial charge in [-0.2, -0.15) is 0 Å². The van der Waals surface area contributed by atoms with Crippen molar-refractivity contribution in [1.82, 2.24) is 0 Å². The number of benzene rings is 1. The number of hydrogen-bond donors (Lipinski definition) is 1. The molecule has 5 nitrogen and oxygen atoms in total. The van der Waals surface area contributed by atoms with Gasteiger partial charge in [-0.3, -0.25) is 0 Å². The molecule has 0 atom stereocenters.